The van der Waals surface area contributed by atoms with Gasteiger partial charge in [-0.2, -0.15) is 23.1 Å². The van der Waals surface area contributed by atoms with Gasteiger partial charge >= 0.3 is 5.69 Å². The quantitative estimate of drug-likeness (QED) is 0.529. The van der Waals surface area contributed by atoms with E-state index in [1.165, 1.54) is 28.3 Å². The van der Waals surface area contributed by atoms with Crippen molar-refractivity contribution in [1.29, 1.82) is 0 Å². The van der Waals surface area contributed by atoms with Crippen LogP contribution >= 0.6 is 11.3 Å². The van der Waals surface area contributed by atoms with Crippen molar-refractivity contribution in [3.05, 3.63) is 57.4 Å². The van der Waals surface area contributed by atoms with E-state index in [1.54, 1.807) is 12.1 Å². The number of nitrogens with one attached hydrogen (secondary N) is 1. The Hall–Kier alpha value is -2.64. The maximum Gasteiger partial charge on any atom is 0.343 e. The van der Waals surface area contributed by atoms with E-state index in [4.69, 9.17) is 5.73 Å². The molecule has 0 bridgehead atoms. The normalized spacial score (nSPS) is 14.2. The third-order valence-electron chi connectivity index (χ3n) is 4.75. The summed E-state index contributed by atoms with van der Waals surface area (Å²) in [5, 5.41) is 9.71. The van der Waals surface area contributed by atoms with Crippen LogP contribution < -0.4 is 11.4 Å². The lowest BCUT2D eigenvalue weighted by Gasteiger charge is -2.05. The molecule has 1 saturated carbocycles. The molecular formula is C17H18F2N6O3S2. The summed E-state index contributed by atoms with van der Waals surface area (Å²) in [7, 11) is -3.44. The molecule has 0 aliphatic heterocycles. The van der Waals surface area contributed by atoms with Crippen LogP contribution in [0.15, 0.2) is 41.0 Å². The second-order valence-electron chi connectivity index (χ2n) is 6.89. The SMILES string of the molecule is NCC(Cc1n[nH]c(=O)n1Cc1ccc(-c2cnn(S(=O)(=O)C3CC3)c2)s1)=C(F)F. The summed E-state index contributed by atoms with van der Waals surface area (Å²) in [5.41, 5.74) is 5.18. The van der Waals surface area contributed by atoms with Crippen molar-refractivity contribution in [2.45, 2.75) is 31.1 Å². The van der Waals surface area contributed by atoms with Crippen molar-refractivity contribution >= 4 is 21.4 Å². The van der Waals surface area contributed by atoms with Crippen molar-refractivity contribution in [3.63, 3.8) is 0 Å². The first-order chi connectivity index (χ1) is 14.3. The smallest absolute Gasteiger partial charge is 0.327 e. The van der Waals surface area contributed by atoms with Crippen LogP contribution in [-0.2, 0) is 23.0 Å². The molecule has 3 aromatic rings. The van der Waals surface area contributed by atoms with Crippen molar-refractivity contribution in [2.75, 3.05) is 6.54 Å². The summed E-state index contributed by atoms with van der Waals surface area (Å²) in [5.74, 6) is 0.159. The lowest BCUT2D eigenvalue weighted by Crippen LogP contribution is -2.20. The fourth-order valence-electron chi connectivity index (χ4n) is 2.92. The summed E-state index contributed by atoms with van der Waals surface area (Å²) in [6.45, 7) is -0.199. The van der Waals surface area contributed by atoms with Gasteiger partial charge in [0.05, 0.1) is 24.2 Å². The van der Waals surface area contributed by atoms with Gasteiger partial charge in [0.2, 0.25) is 0 Å². The predicted molar refractivity (Wildman–Crippen MR) is 107 cm³/mol. The Bertz CT molecular complexity index is 1260. The van der Waals surface area contributed by atoms with E-state index in [2.05, 4.69) is 15.3 Å². The van der Waals surface area contributed by atoms with Crippen molar-refractivity contribution in [2.24, 2.45) is 5.73 Å². The number of aromatic amines is 1. The minimum Gasteiger partial charge on any atom is -0.327 e. The molecule has 3 aromatic heterocycles. The Kier molecular flexibility index (Phi) is 5.42. The standard InChI is InChI=1S/C17H18F2N6O3S2/c18-16(19)10(6-20)5-15-22-23-17(26)24(15)9-12-1-4-14(29-12)11-7-21-25(8-11)30(27,28)13-2-3-13/h1,4,7-8,13H,2-3,5-6,9,20H2,(H,23,26). The summed E-state index contributed by atoms with van der Waals surface area (Å²) in [6, 6.07) is 3.58. The highest BCUT2D eigenvalue weighted by Crippen LogP contribution is 2.32. The maximum absolute atomic E-state index is 12.9. The number of H-pyrrole nitrogens is 1. The van der Waals surface area contributed by atoms with Crippen molar-refractivity contribution < 1.29 is 17.2 Å². The van der Waals surface area contributed by atoms with Crippen molar-refractivity contribution in [1.82, 2.24) is 24.0 Å². The first kappa shape index (κ1) is 20.6. The number of nitrogens with two attached hydrogens (primary N) is 1. The molecule has 0 spiro atoms. The Morgan fingerprint density at radius 2 is 2.10 bits per heavy atom. The van der Waals surface area contributed by atoms with Crippen LogP contribution in [0.1, 0.15) is 23.5 Å². The number of aromatic nitrogens is 5. The van der Waals surface area contributed by atoms with E-state index in [0.29, 0.717) is 18.4 Å². The molecular weight excluding hydrogens is 438 g/mol. The Labute approximate surface area is 173 Å². The monoisotopic (exact) mass is 456 g/mol. The number of halogens is 2. The molecule has 9 nitrogen and oxygen atoms in total. The van der Waals surface area contributed by atoms with E-state index in [-0.39, 0.29) is 36.2 Å². The highest BCUT2D eigenvalue weighted by Gasteiger charge is 2.37. The molecule has 0 radical (unpaired) electrons. The molecule has 160 valence electrons. The van der Waals surface area contributed by atoms with E-state index < -0.39 is 21.8 Å². The van der Waals surface area contributed by atoms with Gasteiger partial charge in [0.25, 0.3) is 16.1 Å². The van der Waals surface area contributed by atoms with Gasteiger partial charge in [-0.05, 0) is 25.0 Å². The van der Waals surface area contributed by atoms with Crippen LogP contribution in [0.2, 0.25) is 0 Å². The molecule has 3 N–H and O–H groups in total. The second kappa shape index (κ2) is 7.89. The first-order valence-corrected chi connectivity index (χ1v) is 11.4. The molecule has 0 amide bonds. The zero-order valence-electron chi connectivity index (χ0n) is 15.6. The summed E-state index contributed by atoms with van der Waals surface area (Å²) in [6.07, 6.45) is 2.14. The van der Waals surface area contributed by atoms with Gasteiger partial charge in [0, 0.05) is 33.9 Å². The second-order valence-corrected chi connectivity index (χ2v) is 10.1. The molecule has 1 aliphatic rings. The van der Waals surface area contributed by atoms with Gasteiger partial charge in [-0.3, -0.25) is 4.57 Å². The van der Waals surface area contributed by atoms with E-state index in [9.17, 15) is 22.0 Å². The van der Waals surface area contributed by atoms with E-state index in [1.807, 2.05) is 0 Å². The highest BCUT2D eigenvalue weighted by molar-refractivity contribution is 7.90. The molecule has 0 aromatic carbocycles. The van der Waals surface area contributed by atoms with E-state index in [0.717, 1.165) is 13.8 Å². The lowest BCUT2D eigenvalue weighted by molar-refractivity contribution is 0.407. The molecule has 1 aliphatic carbocycles. The molecule has 30 heavy (non-hydrogen) atoms. The van der Waals surface area contributed by atoms with Crippen LogP contribution in [0.3, 0.4) is 0 Å². The first-order valence-electron chi connectivity index (χ1n) is 9.05. The topological polar surface area (TPSA) is 129 Å². The number of nitrogens with zero attached hydrogens (tertiary/aromatic N) is 4. The minimum atomic E-state index is -3.44. The predicted octanol–water partition coefficient (Wildman–Crippen LogP) is 1.54. The van der Waals surface area contributed by atoms with Gasteiger partial charge in [0.15, 0.2) is 0 Å². The summed E-state index contributed by atoms with van der Waals surface area (Å²) >= 11 is 1.35. The molecule has 4 rings (SSSR count). The van der Waals surface area contributed by atoms with Crippen LogP contribution in [0.5, 0.6) is 0 Å². The average molecular weight is 457 g/mol. The van der Waals surface area contributed by atoms with Crippen LogP contribution in [-0.4, -0.2) is 44.2 Å². The van der Waals surface area contributed by atoms with Gasteiger partial charge < -0.3 is 5.73 Å². The molecule has 0 saturated heterocycles. The average Bonchev–Trinajstić information content (AvgIpc) is 3.12. The lowest BCUT2D eigenvalue weighted by atomic mass is 10.2. The fourth-order valence-corrected chi connectivity index (χ4v) is 5.37. The number of hydrogen-bond acceptors (Lipinski definition) is 7. The minimum absolute atomic E-state index is 0.135. The summed E-state index contributed by atoms with van der Waals surface area (Å²) in [4.78, 5) is 13.6. The molecule has 3 heterocycles. The third kappa shape index (κ3) is 4.00. The van der Waals surface area contributed by atoms with Gasteiger partial charge in [-0.25, -0.2) is 18.3 Å². The van der Waals surface area contributed by atoms with Crippen LogP contribution in [0, 0.1) is 0 Å². The fraction of sp³-hybridized carbons (Fsp3) is 0.353. The third-order valence-corrected chi connectivity index (χ3v) is 7.90. The Morgan fingerprint density at radius 1 is 1.33 bits per heavy atom. The molecule has 0 unspecified atom stereocenters. The zero-order valence-corrected chi connectivity index (χ0v) is 17.2. The molecule has 1 fully saturated rings. The van der Waals surface area contributed by atoms with Gasteiger partial charge in [-0.1, -0.05) is 0 Å². The number of rotatable bonds is 8. The number of hydrogen-bond donors (Lipinski definition) is 2. The summed E-state index contributed by atoms with van der Waals surface area (Å²) < 4.78 is 52.7. The zero-order chi connectivity index (χ0) is 21.5. The largest absolute Gasteiger partial charge is 0.343 e. The highest BCUT2D eigenvalue weighted by atomic mass is 32.2. The Morgan fingerprint density at radius 3 is 2.77 bits per heavy atom. The van der Waals surface area contributed by atoms with Crippen LogP contribution in [0.4, 0.5) is 8.78 Å². The van der Waals surface area contributed by atoms with Crippen molar-refractivity contribution in [3.8, 4) is 10.4 Å². The van der Waals surface area contributed by atoms with Gasteiger partial charge in [0.1, 0.15) is 5.82 Å². The van der Waals surface area contributed by atoms with E-state index >= 15 is 0 Å². The maximum atomic E-state index is 12.9. The number of thiophene rings is 1. The molecule has 0 atom stereocenters. The Balaban J connectivity index is 1.55. The van der Waals surface area contributed by atoms with Gasteiger partial charge in [-0.15, -0.1) is 11.3 Å². The molecule has 13 heteroatoms. The van der Waals surface area contributed by atoms with Crippen LogP contribution in [0.25, 0.3) is 10.4 Å².